The lowest BCUT2D eigenvalue weighted by atomic mass is 10.1. The van der Waals surface area contributed by atoms with E-state index in [2.05, 4.69) is 0 Å². The van der Waals surface area contributed by atoms with Crippen molar-refractivity contribution in [2.45, 2.75) is 5.38 Å². The molecule has 1 rings (SSSR count). The minimum atomic E-state index is -0.912. The maximum Gasteiger partial charge on any atom is 0.183 e. The van der Waals surface area contributed by atoms with Gasteiger partial charge in [0.2, 0.25) is 0 Å². The Kier molecular flexibility index (Phi) is 3.28. The third kappa shape index (κ3) is 2.44. The van der Waals surface area contributed by atoms with Crippen LogP contribution in [0.3, 0.4) is 0 Å². The van der Waals surface area contributed by atoms with Crippen LogP contribution in [0.15, 0.2) is 24.3 Å². The molecule has 2 N–H and O–H groups in total. The van der Waals surface area contributed by atoms with Crippen LogP contribution in [0.1, 0.15) is 10.4 Å². The van der Waals surface area contributed by atoms with Crippen LogP contribution in [-0.2, 0) is 0 Å². The quantitative estimate of drug-likeness (QED) is 0.569. The summed E-state index contributed by atoms with van der Waals surface area (Å²) < 4.78 is 0. The van der Waals surface area contributed by atoms with Crippen molar-refractivity contribution in [1.82, 2.24) is 0 Å². The van der Waals surface area contributed by atoms with Gasteiger partial charge in [-0.2, -0.15) is 0 Å². The lowest BCUT2D eigenvalue weighted by Gasteiger charge is -2.04. The molecule has 1 atom stereocenters. The predicted molar refractivity (Wildman–Crippen MR) is 49.2 cm³/mol. The van der Waals surface area contributed by atoms with Gasteiger partial charge in [0.25, 0.3) is 0 Å². The van der Waals surface area contributed by atoms with Crippen LogP contribution in [-0.4, -0.2) is 28.0 Å². The standard InChI is InChI=1S/C9H9ClO3/c10-8(5-11)9(13)6-1-3-7(12)4-2-6/h1-4,8,11-12H,5H2. The number of aromatic hydroxyl groups is 1. The second-order valence-corrected chi connectivity index (χ2v) is 3.09. The lowest BCUT2D eigenvalue weighted by Crippen LogP contribution is -2.18. The van der Waals surface area contributed by atoms with E-state index in [-0.39, 0.29) is 18.1 Å². The molecule has 70 valence electrons. The molecule has 0 spiro atoms. The van der Waals surface area contributed by atoms with Crippen molar-refractivity contribution in [2.75, 3.05) is 6.61 Å². The zero-order chi connectivity index (χ0) is 9.84. The summed E-state index contributed by atoms with van der Waals surface area (Å²) in [5, 5.41) is 16.6. The monoisotopic (exact) mass is 200 g/mol. The van der Waals surface area contributed by atoms with Crippen LogP contribution in [0.25, 0.3) is 0 Å². The van der Waals surface area contributed by atoms with Gasteiger partial charge in [0.05, 0.1) is 6.61 Å². The van der Waals surface area contributed by atoms with E-state index in [1.54, 1.807) is 0 Å². The van der Waals surface area contributed by atoms with Crippen LogP contribution in [0.2, 0.25) is 0 Å². The van der Waals surface area contributed by atoms with E-state index in [0.717, 1.165) is 0 Å². The van der Waals surface area contributed by atoms with E-state index >= 15 is 0 Å². The van der Waals surface area contributed by atoms with Gasteiger partial charge >= 0.3 is 0 Å². The smallest absolute Gasteiger partial charge is 0.183 e. The van der Waals surface area contributed by atoms with E-state index in [4.69, 9.17) is 21.8 Å². The van der Waals surface area contributed by atoms with E-state index in [1.807, 2.05) is 0 Å². The third-order valence-corrected chi connectivity index (χ3v) is 1.93. The van der Waals surface area contributed by atoms with E-state index in [9.17, 15) is 4.79 Å². The zero-order valence-corrected chi connectivity index (χ0v) is 7.53. The van der Waals surface area contributed by atoms with E-state index in [1.165, 1.54) is 24.3 Å². The van der Waals surface area contributed by atoms with Gasteiger partial charge in [-0.1, -0.05) is 0 Å². The number of aliphatic hydroxyl groups excluding tert-OH is 1. The highest BCUT2D eigenvalue weighted by molar-refractivity contribution is 6.34. The molecule has 3 nitrogen and oxygen atoms in total. The summed E-state index contributed by atoms with van der Waals surface area (Å²) in [4.78, 5) is 11.3. The van der Waals surface area contributed by atoms with Gasteiger partial charge in [0.1, 0.15) is 11.1 Å². The maximum absolute atomic E-state index is 11.3. The predicted octanol–water partition coefficient (Wildman–Crippen LogP) is 1.17. The van der Waals surface area contributed by atoms with Crippen molar-refractivity contribution in [3.05, 3.63) is 29.8 Å². The Hall–Kier alpha value is -1.06. The number of carbonyl (C=O) groups is 1. The van der Waals surface area contributed by atoms with Crippen molar-refractivity contribution in [3.63, 3.8) is 0 Å². The lowest BCUT2D eigenvalue weighted by molar-refractivity contribution is 0.0962. The van der Waals surface area contributed by atoms with Crippen LogP contribution < -0.4 is 0 Å². The maximum atomic E-state index is 11.3. The van der Waals surface area contributed by atoms with Crippen LogP contribution in [0, 0.1) is 0 Å². The average Bonchev–Trinajstić information content (AvgIpc) is 2.17. The molecule has 0 amide bonds. The zero-order valence-electron chi connectivity index (χ0n) is 6.77. The van der Waals surface area contributed by atoms with Crippen LogP contribution in [0.4, 0.5) is 0 Å². The van der Waals surface area contributed by atoms with Crippen molar-refractivity contribution < 1.29 is 15.0 Å². The second kappa shape index (κ2) is 4.25. The number of hydrogen-bond acceptors (Lipinski definition) is 3. The van der Waals surface area contributed by atoms with Crippen molar-refractivity contribution in [2.24, 2.45) is 0 Å². The highest BCUT2D eigenvalue weighted by atomic mass is 35.5. The molecule has 0 aliphatic rings. The largest absolute Gasteiger partial charge is 0.508 e. The van der Waals surface area contributed by atoms with Gasteiger partial charge < -0.3 is 10.2 Å². The van der Waals surface area contributed by atoms with Gasteiger partial charge in [0, 0.05) is 5.56 Å². The van der Waals surface area contributed by atoms with Crippen molar-refractivity contribution in [1.29, 1.82) is 0 Å². The Balaban J connectivity index is 2.83. The Labute approximate surface area is 80.6 Å². The van der Waals surface area contributed by atoms with E-state index < -0.39 is 5.38 Å². The molecule has 1 aromatic rings. The number of ketones is 1. The molecule has 1 unspecified atom stereocenters. The summed E-state index contributed by atoms with van der Waals surface area (Å²) in [6, 6.07) is 5.72. The Bertz CT molecular complexity index is 294. The molecule has 0 saturated carbocycles. The van der Waals surface area contributed by atoms with Crippen molar-refractivity contribution in [3.8, 4) is 5.75 Å². The number of halogens is 1. The van der Waals surface area contributed by atoms with Gasteiger partial charge in [-0.05, 0) is 24.3 Å². The van der Waals surface area contributed by atoms with Gasteiger partial charge in [-0.15, -0.1) is 11.6 Å². The first-order chi connectivity index (χ1) is 6.15. The Morgan fingerprint density at radius 3 is 2.38 bits per heavy atom. The normalized spacial score (nSPS) is 12.5. The minimum absolute atomic E-state index is 0.0895. The summed E-state index contributed by atoms with van der Waals surface area (Å²) in [5.41, 5.74) is 0.381. The number of phenolic OH excluding ortho intramolecular Hbond substituents is 1. The molecule has 0 radical (unpaired) electrons. The third-order valence-electron chi connectivity index (χ3n) is 1.60. The molecule has 0 heterocycles. The highest BCUT2D eigenvalue weighted by Gasteiger charge is 2.15. The van der Waals surface area contributed by atoms with Crippen LogP contribution in [0.5, 0.6) is 5.75 Å². The number of Topliss-reactive ketones (excluding diaryl/α,β-unsaturated/α-hetero) is 1. The van der Waals surface area contributed by atoms with E-state index in [0.29, 0.717) is 5.56 Å². The summed E-state index contributed by atoms with van der Waals surface area (Å²) >= 11 is 5.53. The minimum Gasteiger partial charge on any atom is -0.508 e. The summed E-state index contributed by atoms with van der Waals surface area (Å²) in [5.74, 6) is -0.254. The molecule has 0 aliphatic heterocycles. The average molecular weight is 201 g/mol. The van der Waals surface area contributed by atoms with Crippen molar-refractivity contribution >= 4 is 17.4 Å². The molecule has 0 bridgehead atoms. The number of carbonyl (C=O) groups excluding carboxylic acids is 1. The molecular formula is C9H9ClO3. The number of rotatable bonds is 3. The molecule has 4 heteroatoms. The fourth-order valence-corrected chi connectivity index (χ4v) is 1.02. The summed E-state index contributed by atoms with van der Waals surface area (Å²) in [7, 11) is 0. The number of alkyl halides is 1. The highest BCUT2D eigenvalue weighted by Crippen LogP contribution is 2.13. The molecule has 1 aromatic carbocycles. The van der Waals surface area contributed by atoms with Gasteiger partial charge in [-0.25, -0.2) is 0 Å². The number of hydrogen-bond donors (Lipinski definition) is 2. The first-order valence-corrected chi connectivity index (χ1v) is 4.17. The molecule has 0 aliphatic carbocycles. The summed E-state index contributed by atoms with van der Waals surface area (Å²) in [6.45, 7) is -0.388. The Morgan fingerprint density at radius 2 is 1.92 bits per heavy atom. The molecule has 13 heavy (non-hydrogen) atoms. The topological polar surface area (TPSA) is 57.5 Å². The number of aliphatic hydroxyl groups is 1. The molecule has 0 fully saturated rings. The fraction of sp³-hybridized carbons (Fsp3) is 0.222. The van der Waals surface area contributed by atoms with Gasteiger partial charge in [0.15, 0.2) is 5.78 Å². The second-order valence-electron chi connectivity index (χ2n) is 2.56. The molecule has 0 saturated heterocycles. The first kappa shape index (κ1) is 10.0. The Morgan fingerprint density at radius 1 is 1.38 bits per heavy atom. The SMILES string of the molecule is O=C(c1ccc(O)cc1)C(Cl)CO. The first-order valence-electron chi connectivity index (χ1n) is 3.73. The van der Waals surface area contributed by atoms with Crippen LogP contribution >= 0.6 is 11.6 Å². The number of benzene rings is 1. The fourth-order valence-electron chi connectivity index (χ4n) is 0.889. The molecular weight excluding hydrogens is 192 g/mol. The molecule has 0 aromatic heterocycles. The summed E-state index contributed by atoms with van der Waals surface area (Å²) in [6.07, 6.45) is 0. The van der Waals surface area contributed by atoms with Gasteiger partial charge in [-0.3, -0.25) is 4.79 Å². The number of phenols is 1.